The quantitative estimate of drug-likeness (QED) is 0.892. The SMILES string of the molecule is COc1ccc(OC)c(CCC(=O)N2CCNC[C@H]2C)c1. The molecule has 1 aliphatic rings. The Morgan fingerprint density at radius 3 is 2.86 bits per heavy atom. The second kappa shape index (κ2) is 7.31. The van der Waals surface area contributed by atoms with Crippen LogP contribution in [0.5, 0.6) is 11.5 Å². The van der Waals surface area contributed by atoms with Crippen molar-refractivity contribution in [3.8, 4) is 11.5 Å². The van der Waals surface area contributed by atoms with Gasteiger partial charge in [0.2, 0.25) is 5.91 Å². The number of piperazine rings is 1. The molecule has 0 bridgehead atoms. The fourth-order valence-electron chi connectivity index (χ4n) is 2.67. The van der Waals surface area contributed by atoms with Crippen molar-refractivity contribution >= 4 is 5.91 Å². The van der Waals surface area contributed by atoms with Crippen molar-refractivity contribution in [1.29, 1.82) is 0 Å². The van der Waals surface area contributed by atoms with E-state index in [-0.39, 0.29) is 11.9 Å². The van der Waals surface area contributed by atoms with Gasteiger partial charge < -0.3 is 19.7 Å². The van der Waals surface area contributed by atoms with Crippen molar-refractivity contribution in [3.05, 3.63) is 23.8 Å². The fourth-order valence-corrected chi connectivity index (χ4v) is 2.67. The van der Waals surface area contributed by atoms with E-state index < -0.39 is 0 Å². The van der Waals surface area contributed by atoms with Gasteiger partial charge in [0.25, 0.3) is 0 Å². The first-order valence-electron chi connectivity index (χ1n) is 7.36. The third-order valence-electron chi connectivity index (χ3n) is 3.92. The molecule has 1 atom stereocenters. The molecule has 1 aromatic carbocycles. The van der Waals surface area contributed by atoms with E-state index in [0.717, 1.165) is 36.7 Å². The minimum absolute atomic E-state index is 0.203. The smallest absolute Gasteiger partial charge is 0.223 e. The van der Waals surface area contributed by atoms with Crippen LogP contribution < -0.4 is 14.8 Å². The van der Waals surface area contributed by atoms with Gasteiger partial charge in [-0.15, -0.1) is 0 Å². The topological polar surface area (TPSA) is 50.8 Å². The minimum Gasteiger partial charge on any atom is -0.497 e. The van der Waals surface area contributed by atoms with Crippen LogP contribution in [0, 0.1) is 0 Å². The molecule has 1 aromatic rings. The van der Waals surface area contributed by atoms with E-state index in [4.69, 9.17) is 9.47 Å². The summed E-state index contributed by atoms with van der Waals surface area (Å²) in [7, 11) is 3.28. The average Bonchev–Trinajstić information content (AvgIpc) is 2.52. The molecular weight excluding hydrogens is 268 g/mol. The van der Waals surface area contributed by atoms with Crippen LogP contribution in [0.2, 0.25) is 0 Å². The van der Waals surface area contributed by atoms with Gasteiger partial charge in [-0.1, -0.05) is 0 Å². The van der Waals surface area contributed by atoms with E-state index in [2.05, 4.69) is 12.2 Å². The molecule has 0 unspecified atom stereocenters. The van der Waals surface area contributed by atoms with Gasteiger partial charge in [0.15, 0.2) is 0 Å². The zero-order valence-electron chi connectivity index (χ0n) is 13.0. The molecule has 116 valence electrons. The van der Waals surface area contributed by atoms with E-state index in [1.807, 2.05) is 23.1 Å². The summed E-state index contributed by atoms with van der Waals surface area (Å²) < 4.78 is 10.6. The van der Waals surface area contributed by atoms with Gasteiger partial charge in [0.05, 0.1) is 14.2 Å². The van der Waals surface area contributed by atoms with Gasteiger partial charge in [-0.05, 0) is 37.1 Å². The molecule has 5 heteroatoms. The largest absolute Gasteiger partial charge is 0.497 e. The lowest BCUT2D eigenvalue weighted by Gasteiger charge is -2.34. The summed E-state index contributed by atoms with van der Waals surface area (Å²) in [4.78, 5) is 14.3. The Kier molecular flexibility index (Phi) is 5.44. The van der Waals surface area contributed by atoms with Crippen LogP contribution in [0.1, 0.15) is 18.9 Å². The number of nitrogens with one attached hydrogen (secondary N) is 1. The lowest BCUT2D eigenvalue weighted by molar-refractivity contribution is -0.133. The number of hydrogen-bond acceptors (Lipinski definition) is 4. The Morgan fingerprint density at radius 2 is 2.19 bits per heavy atom. The van der Waals surface area contributed by atoms with Gasteiger partial charge in [0.1, 0.15) is 11.5 Å². The first-order valence-corrected chi connectivity index (χ1v) is 7.36. The van der Waals surface area contributed by atoms with Gasteiger partial charge >= 0.3 is 0 Å². The fraction of sp³-hybridized carbons (Fsp3) is 0.562. The predicted molar refractivity (Wildman–Crippen MR) is 81.9 cm³/mol. The highest BCUT2D eigenvalue weighted by Crippen LogP contribution is 2.25. The van der Waals surface area contributed by atoms with Crippen LogP contribution in [-0.2, 0) is 11.2 Å². The molecule has 0 saturated carbocycles. The normalized spacial score (nSPS) is 18.4. The summed E-state index contributed by atoms with van der Waals surface area (Å²) in [5.41, 5.74) is 1.01. The number of carbonyl (C=O) groups is 1. The molecule has 0 aliphatic carbocycles. The summed E-state index contributed by atoms with van der Waals surface area (Å²) in [5, 5.41) is 3.30. The van der Waals surface area contributed by atoms with E-state index in [1.165, 1.54) is 0 Å². The number of hydrogen-bond donors (Lipinski definition) is 1. The van der Waals surface area contributed by atoms with Gasteiger partial charge in [-0.2, -0.15) is 0 Å². The van der Waals surface area contributed by atoms with Crippen molar-refractivity contribution in [3.63, 3.8) is 0 Å². The lowest BCUT2D eigenvalue weighted by atomic mass is 10.1. The van der Waals surface area contributed by atoms with Gasteiger partial charge in [0, 0.05) is 32.1 Å². The number of ether oxygens (including phenoxy) is 2. The van der Waals surface area contributed by atoms with Crippen LogP contribution in [0.3, 0.4) is 0 Å². The molecule has 5 nitrogen and oxygen atoms in total. The summed E-state index contributed by atoms with van der Waals surface area (Å²) in [5.74, 6) is 1.79. The molecule has 1 N–H and O–H groups in total. The molecule has 0 aromatic heterocycles. The summed E-state index contributed by atoms with van der Waals surface area (Å²) in [6, 6.07) is 5.94. The second-order valence-electron chi connectivity index (χ2n) is 5.32. The zero-order chi connectivity index (χ0) is 15.2. The van der Waals surface area contributed by atoms with Crippen molar-refractivity contribution < 1.29 is 14.3 Å². The van der Waals surface area contributed by atoms with E-state index in [1.54, 1.807) is 14.2 Å². The summed E-state index contributed by atoms with van der Waals surface area (Å²) in [6.45, 7) is 4.61. The summed E-state index contributed by atoms with van der Waals surface area (Å²) >= 11 is 0. The molecule has 2 rings (SSSR count). The Bertz CT molecular complexity index is 490. The monoisotopic (exact) mass is 292 g/mol. The van der Waals surface area contributed by atoms with Crippen molar-refractivity contribution in [2.24, 2.45) is 0 Å². The number of benzene rings is 1. The number of methoxy groups -OCH3 is 2. The molecule has 1 amide bonds. The Hall–Kier alpha value is -1.75. The molecule has 0 radical (unpaired) electrons. The maximum absolute atomic E-state index is 12.4. The number of amides is 1. The number of rotatable bonds is 5. The molecule has 1 fully saturated rings. The van der Waals surface area contributed by atoms with Crippen molar-refractivity contribution in [1.82, 2.24) is 10.2 Å². The minimum atomic E-state index is 0.203. The first-order chi connectivity index (χ1) is 10.2. The second-order valence-corrected chi connectivity index (χ2v) is 5.32. The Labute approximate surface area is 126 Å². The third-order valence-corrected chi connectivity index (χ3v) is 3.92. The highest BCUT2D eigenvalue weighted by Gasteiger charge is 2.22. The number of carbonyl (C=O) groups excluding carboxylic acids is 1. The van der Waals surface area contributed by atoms with E-state index in [9.17, 15) is 4.79 Å². The van der Waals surface area contributed by atoms with Crippen molar-refractivity contribution in [2.75, 3.05) is 33.9 Å². The number of aryl methyl sites for hydroxylation is 1. The maximum Gasteiger partial charge on any atom is 0.223 e. The molecule has 0 spiro atoms. The highest BCUT2D eigenvalue weighted by molar-refractivity contribution is 5.77. The van der Waals surface area contributed by atoms with E-state index >= 15 is 0 Å². The van der Waals surface area contributed by atoms with Crippen LogP contribution in [0.15, 0.2) is 18.2 Å². The maximum atomic E-state index is 12.4. The summed E-state index contributed by atoms with van der Waals surface area (Å²) in [6.07, 6.45) is 1.16. The highest BCUT2D eigenvalue weighted by atomic mass is 16.5. The van der Waals surface area contributed by atoms with Gasteiger partial charge in [-0.25, -0.2) is 0 Å². The van der Waals surface area contributed by atoms with Crippen LogP contribution in [0.4, 0.5) is 0 Å². The molecule has 1 heterocycles. The zero-order valence-corrected chi connectivity index (χ0v) is 13.0. The third kappa shape index (κ3) is 3.88. The van der Waals surface area contributed by atoms with Crippen molar-refractivity contribution in [2.45, 2.75) is 25.8 Å². The average molecular weight is 292 g/mol. The molecule has 1 saturated heterocycles. The van der Waals surface area contributed by atoms with Gasteiger partial charge in [-0.3, -0.25) is 4.79 Å². The Balaban J connectivity index is 2.00. The predicted octanol–water partition coefficient (Wildman–Crippen LogP) is 1.46. The lowest BCUT2D eigenvalue weighted by Crippen LogP contribution is -2.52. The molecule has 1 aliphatic heterocycles. The Morgan fingerprint density at radius 1 is 1.38 bits per heavy atom. The van der Waals surface area contributed by atoms with E-state index in [0.29, 0.717) is 12.8 Å². The number of nitrogens with zero attached hydrogens (tertiary/aromatic N) is 1. The molecular formula is C16H24N2O3. The van der Waals surface area contributed by atoms with Crippen LogP contribution >= 0.6 is 0 Å². The van der Waals surface area contributed by atoms with Crippen LogP contribution in [-0.4, -0.2) is 50.7 Å². The first kappa shape index (κ1) is 15.6. The molecule has 21 heavy (non-hydrogen) atoms. The van der Waals surface area contributed by atoms with Crippen LogP contribution in [0.25, 0.3) is 0 Å². The standard InChI is InChI=1S/C16H24N2O3/c1-12-11-17-8-9-18(12)16(19)7-4-13-10-14(20-2)5-6-15(13)21-3/h5-6,10,12,17H,4,7-9,11H2,1-3H3/t12-/m1/s1.